The topological polar surface area (TPSA) is 118 Å². The Balaban J connectivity index is 1.37. The molecule has 1 fully saturated rings. The third kappa shape index (κ3) is 7.56. The van der Waals surface area contributed by atoms with Crippen molar-refractivity contribution in [2.75, 3.05) is 25.1 Å². The third-order valence-corrected chi connectivity index (χ3v) is 4.42. The first kappa shape index (κ1) is 22.0. The normalized spacial score (nSPS) is 15.4. The Morgan fingerprint density at radius 3 is 2.55 bits per heavy atom. The number of rotatable bonds is 8. The summed E-state index contributed by atoms with van der Waals surface area (Å²) >= 11 is 0. The fourth-order valence-electron chi connectivity index (χ4n) is 2.81. The molecule has 2 aromatic carbocycles. The molecule has 1 aliphatic rings. The quantitative estimate of drug-likeness (QED) is 0.337. The maximum atomic E-state index is 11.8. The molecule has 1 atom stereocenters. The molecule has 0 aliphatic carbocycles. The molecular weight excluding hydrogens is 400 g/mol. The molecule has 2 aromatic rings. The lowest BCUT2D eigenvalue weighted by molar-refractivity contribution is -0.136. The molecule has 0 aromatic heterocycles. The van der Waals surface area contributed by atoms with Gasteiger partial charge < -0.3 is 20.1 Å². The highest BCUT2D eigenvalue weighted by molar-refractivity contribution is 6.39. The smallest absolute Gasteiger partial charge is 0.329 e. The average molecular weight is 424 g/mol. The number of carbonyl (C=O) groups is 3. The Morgan fingerprint density at radius 1 is 1.06 bits per heavy atom. The maximum Gasteiger partial charge on any atom is 0.329 e. The van der Waals surface area contributed by atoms with Gasteiger partial charge in [0.2, 0.25) is 0 Å². The Hall–Kier alpha value is -3.72. The van der Waals surface area contributed by atoms with E-state index in [1.54, 1.807) is 54.6 Å². The van der Waals surface area contributed by atoms with Crippen molar-refractivity contribution in [3.05, 3.63) is 60.2 Å². The molecule has 0 unspecified atom stereocenters. The lowest BCUT2D eigenvalue weighted by Gasteiger charge is -2.11. The van der Waals surface area contributed by atoms with E-state index < -0.39 is 11.8 Å². The van der Waals surface area contributed by atoms with E-state index in [-0.39, 0.29) is 18.6 Å². The summed E-state index contributed by atoms with van der Waals surface area (Å²) in [5.41, 5.74) is 3.36. The highest BCUT2D eigenvalue weighted by Gasteiger charge is 2.16. The monoisotopic (exact) mass is 424 g/mol. The molecule has 1 saturated heterocycles. The molecule has 0 bridgehead atoms. The van der Waals surface area contributed by atoms with E-state index in [1.807, 2.05) is 0 Å². The first-order valence-corrected chi connectivity index (χ1v) is 9.91. The van der Waals surface area contributed by atoms with E-state index in [0.717, 1.165) is 19.4 Å². The van der Waals surface area contributed by atoms with Gasteiger partial charge in [-0.05, 0) is 54.8 Å². The average Bonchev–Trinajstić information content (AvgIpc) is 3.31. The van der Waals surface area contributed by atoms with Crippen LogP contribution in [-0.2, 0) is 19.1 Å². The van der Waals surface area contributed by atoms with Gasteiger partial charge >= 0.3 is 11.8 Å². The van der Waals surface area contributed by atoms with Gasteiger partial charge in [0.25, 0.3) is 5.91 Å². The van der Waals surface area contributed by atoms with E-state index >= 15 is 0 Å². The molecule has 9 heteroatoms. The lowest BCUT2D eigenvalue weighted by atomic mass is 10.2. The number of anilines is 1. The molecule has 9 nitrogen and oxygen atoms in total. The van der Waals surface area contributed by atoms with Crippen molar-refractivity contribution in [1.82, 2.24) is 10.7 Å². The van der Waals surface area contributed by atoms with Crippen LogP contribution < -0.4 is 20.8 Å². The van der Waals surface area contributed by atoms with Gasteiger partial charge in [-0.15, -0.1) is 0 Å². The molecule has 0 radical (unpaired) electrons. The van der Waals surface area contributed by atoms with E-state index in [1.165, 1.54) is 6.21 Å². The van der Waals surface area contributed by atoms with Crippen LogP contribution in [0, 0.1) is 0 Å². The Bertz CT molecular complexity index is 909. The largest absolute Gasteiger partial charge is 0.484 e. The zero-order chi connectivity index (χ0) is 21.9. The van der Waals surface area contributed by atoms with Crippen LogP contribution in [0.2, 0.25) is 0 Å². The summed E-state index contributed by atoms with van der Waals surface area (Å²) in [6.07, 6.45) is 3.47. The minimum absolute atomic E-state index is 0.0902. The maximum absolute atomic E-state index is 11.8. The summed E-state index contributed by atoms with van der Waals surface area (Å²) in [5.74, 6) is -1.38. The summed E-state index contributed by atoms with van der Waals surface area (Å²) < 4.78 is 10.9. The summed E-state index contributed by atoms with van der Waals surface area (Å²) in [6.45, 7) is 1.15. The number of benzene rings is 2. The molecule has 3 rings (SSSR count). The SMILES string of the molecule is O=C(COc1ccc(/C=N\NC(=O)C(=O)Nc2ccccc2)cc1)NC[C@H]1CCCO1. The summed E-state index contributed by atoms with van der Waals surface area (Å²) in [7, 11) is 0. The van der Waals surface area contributed by atoms with E-state index in [0.29, 0.717) is 23.5 Å². The van der Waals surface area contributed by atoms with Gasteiger partial charge in [-0.3, -0.25) is 14.4 Å². The van der Waals surface area contributed by atoms with Gasteiger partial charge in [-0.25, -0.2) is 5.43 Å². The number of hydrogen-bond acceptors (Lipinski definition) is 6. The van der Waals surface area contributed by atoms with Crippen LogP contribution in [0.15, 0.2) is 59.7 Å². The first-order chi connectivity index (χ1) is 15.1. The van der Waals surface area contributed by atoms with E-state index in [4.69, 9.17) is 9.47 Å². The summed E-state index contributed by atoms with van der Waals surface area (Å²) in [4.78, 5) is 35.4. The number of amides is 3. The van der Waals surface area contributed by atoms with Crippen molar-refractivity contribution in [1.29, 1.82) is 0 Å². The number of nitrogens with one attached hydrogen (secondary N) is 3. The van der Waals surface area contributed by atoms with Gasteiger partial charge in [0.1, 0.15) is 5.75 Å². The predicted octanol–water partition coefficient (Wildman–Crippen LogP) is 1.45. The van der Waals surface area contributed by atoms with Crippen molar-refractivity contribution in [3.8, 4) is 5.75 Å². The zero-order valence-electron chi connectivity index (χ0n) is 16.9. The summed E-state index contributed by atoms with van der Waals surface area (Å²) in [6, 6.07) is 15.4. The van der Waals surface area contributed by atoms with E-state index in [2.05, 4.69) is 21.2 Å². The van der Waals surface area contributed by atoms with Crippen molar-refractivity contribution in [2.24, 2.45) is 5.10 Å². The van der Waals surface area contributed by atoms with Crippen molar-refractivity contribution in [3.63, 3.8) is 0 Å². The fraction of sp³-hybridized carbons (Fsp3) is 0.273. The van der Waals surface area contributed by atoms with Crippen LogP contribution in [0.25, 0.3) is 0 Å². The van der Waals surface area contributed by atoms with Crippen molar-refractivity contribution in [2.45, 2.75) is 18.9 Å². The molecule has 162 valence electrons. The molecule has 0 saturated carbocycles. The second-order valence-electron chi connectivity index (χ2n) is 6.82. The third-order valence-electron chi connectivity index (χ3n) is 4.42. The Kier molecular flexibility index (Phi) is 8.13. The minimum Gasteiger partial charge on any atom is -0.484 e. The van der Waals surface area contributed by atoms with Crippen LogP contribution in [0.3, 0.4) is 0 Å². The van der Waals surface area contributed by atoms with E-state index in [9.17, 15) is 14.4 Å². The molecule has 3 N–H and O–H groups in total. The Labute approximate surface area is 179 Å². The molecule has 0 spiro atoms. The van der Waals surface area contributed by atoms with Gasteiger partial charge in [0.05, 0.1) is 12.3 Å². The fourth-order valence-corrected chi connectivity index (χ4v) is 2.81. The number of nitrogens with zero attached hydrogens (tertiary/aromatic N) is 1. The van der Waals surface area contributed by atoms with Crippen LogP contribution in [0.1, 0.15) is 18.4 Å². The summed E-state index contributed by atoms with van der Waals surface area (Å²) in [5, 5.41) is 9.02. The lowest BCUT2D eigenvalue weighted by Crippen LogP contribution is -2.35. The number of ether oxygens (including phenoxy) is 2. The molecule has 31 heavy (non-hydrogen) atoms. The van der Waals surface area contributed by atoms with Gasteiger partial charge in [-0.2, -0.15) is 5.10 Å². The second-order valence-corrected chi connectivity index (χ2v) is 6.82. The van der Waals surface area contributed by atoms with Gasteiger partial charge in [0, 0.05) is 18.8 Å². The van der Waals surface area contributed by atoms with Crippen LogP contribution in [-0.4, -0.2) is 49.8 Å². The highest BCUT2D eigenvalue weighted by Crippen LogP contribution is 2.12. The van der Waals surface area contributed by atoms with Crippen molar-refractivity contribution < 1.29 is 23.9 Å². The standard InChI is InChI=1S/C22H24N4O5/c27-20(23-14-19-7-4-12-30-19)15-31-18-10-8-16(9-11-18)13-24-26-22(29)21(28)25-17-5-2-1-3-6-17/h1-3,5-6,8-11,13,19H,4,7,12,14-15H2,(H,23,27)(H,25,28)(H,26,29)/b24-13-/t19-/m1/s1. The molecular formula is C22H24N4O5. The number of hydrogen-bond donors (Lipinski definition) is 3. The number of carbonyl (C=O) groups excluding carboxylic acids is 3. The molecule has 3 amide bonds. The first-order valence-electron chi connectivity index (χ1n) is 9.91. The molecule has 1 heterocycles. The number of para-hydroxylation sites is 1. The van der Waals surface area contributed by atoms with Gasteiger partial charge in [-0.1, -0.05) is 18.2 Å². The number of hydrazone groups is 1. The predicted molar refractivity (Wildman–Crippen MR) is 115 cm³/mol. The van der Waals surface area contributed by atoms with Gasteiger partial charge in [0.15, 0.2) is 6.61 Å². The minimum atomic E-state index is -0.880. The van der Waals surface area contributed by atoms with Crippen LogP contribution in [0.5, 0.6) is 5.75 Å². The molecule has 1 aliphatic heterocycles. The Morgan fingerprint density at radius 2 is 1.84 bits per heavy atom. The highest BCUT2D eigenvalue weighted by atomic mass is 16.5. The second kappa shape index (κ2) is 11.5. The van der Waals surface area contributed by atoms with Crippen LogP contribution in [0.4, 0.5) is 5.69 Å². The van der Waals surface area contributed by atoms with Crippen molar-refractivity contribution >= 4 is 29.6 Å². The van der Waals surface area contributed by atoms with Crippen LogP contribution >= 0.6 is 0 Å². The zero-order valence-corrected chi connectivity index (χ0v) is 16.9.